The van der Waals surface area contributed by atoms with Gasteiger partial charge < -0.3 is 10.0 Å². The average Bonchev–Trinajstić information content (AvgIpc) is 2.39. The van der Waals surface area contributed by atoms with Gasteiger partial charge >= 0.3 is 0 Å². The second-order valence-electron chi connectivity index (χ2n) is 4.72. The highest BCUT2D eigenvalue weighted by Crippen LogP contribution is 2.26. The molecule has 2 nitrogen and oxygen atoms in total. The summed E-state index contributed by atoms with van der Waals surface area (Å²) in [6.07, 6.45) is 0.561. The SMILES string of the molecule is CCN(CCC(C)O)c1cccc2ccccc12. The predicted octanol–water partition coefficient (Wildman–Crippen LogP) is 3.44. The molecule has 0 radical (unpaired) electrons. The minimum atomic E-state index is -0.242. The van der Waals surface area contributed by atoms with Crippen LogP contribution in [0, 0.1) is 0 Å². The Balaban J connectivity index is 2.32. The first-order valence-electron chi connectivity index (χ1n) is 6.63. The third kappa shape index (κ3) is 2.82. The normalized spacial score (nSPS) is 12.6. The first kappa shape index (κ1) is 12.9. The van der Waals surface area contributed by atoms with E-state index in [1.807, 2.05) is 6.92 Å². The average molecular weight is 243 g/mol. The van der Waals surface area contributed by atoms with Crippen molar-refractivity contribution in [1.82, 2.24) is 0 Å². The molecule has 0 aliphatic heterocycles. The number of benzene rings is 2. The van der Waals surface area contributed by atoms with Gasteiger partial charge in [-0.05, 0) is 31.7 Å². The van der Waals surface area contributed by atoms with E-state index in [0.29, 0.717) is 0 Å². The molecule has 0 aromatic heterocycles. The van der Waals surface area contributed by atoms with E-state index in [-0.39, 0.29) is 6.10 Å². The molecule has 0 saturated carbocycles. The van der Waals surface area contributed by atoms with Crippen LogP contribution in [0.5, 0.6) is 0 Å². The molecule has 0 aliphatic carbocycles. The largest absolute Gasteiger partial charge is 0.393 e. The molecular formula is C16H21NO. The molecule has 0 bridgehead atoms. The standard InChI is InChI=1S/C16H21NO/c1-3-17(12-11-13(2)18)16-10-6-8-14-7-4-5-9-15(14)16/h4-10,13,18H,3,11-12H2,1-2H3. The van der Waals surface area contributed by atoms with Crippen LogP contribution in [0.1, 0.15) is 20.3 Å². The van der Waals surface area contributed by atoms with Gasteiger partial charge in [0.1, 0.15) is 0 Å². The summed E-state index contributed by atoms with van der Waals surface area (Å²) in [6, 6.07) is 14.8. The summed E-state index contributed by atoms with van der Waals surface area (Å²) in [4.78, 5) is 2.33. The predicted molar refractivity (Wildman–Crippen MR) is 78.1 cm³/mol. The summed E-state index contributed by atoms with van der Waals surface area (Å²) in [6.45, 7) is 5.85. The molecule has 1 atom stereocenters. The van der Waals surface area contributed by atoms with E-state index in [4.69, 9.17) is 0 Å². The van der Waals surface area contributed by atoms with Crippen molar-refractivity contribution in [3.63, 3.8) is 0 Å². The molecule has 0 spiro atoms. The van der Waals surface area contributed by atoms with E-state index in [9.17, 15) is 5.11 Å². The van der Waals surface area contributed by atoms with Crippen LogP contribution in [0.15, 0.2) is 42.5 Å². The molecule has 2 aromatic carbocycles. The van der Waals surface area contributed by atoms with Crippen molar-refractivity contribution >= 4 is 16.5 Å². The molecule has 0 aliphatic rings. The number of anilines is 1. The van der Waals surface area contributed by atoms with Crippen LogP contribution >= 0.6 is 0 Å². The summed E-state index contributed by atoms with van der Waals surface area (Å²) in [5, 5.41) is 12.0. The monoisotopic (exact) mass is 243 g/mol. The molecule has 96 valence electrons. The highest BCUT2D eigenvalue weighted by Gasteiger charge is 2.08. The number of aliphatic hydroxyl groups is 1. The van der Waals surface area contributed by atoms with Crippen LogP contribution < -0.4 is 4.90 Å². The lowest BCUT2D eigenvalue weighted by Crippen LogP contribution is -2.26. The quantitative estimate of drug-likeness (QED) is 0.869. The third-order valence-corrected chi connectivity index (χ3v) is 3.31. The Bertz CT molecular complexity index is 502. The van der Waals surface area contributed by atoms with Gasteiger partial charge in [0.2, 0.25) is 0 Å². The van der Waals surface area contributed by atoms with E-state index in [0.717, 1.165) is 19.5 Å². The van der Waals surface area contributed by atoms with Crippen molar-refractivity contribution in [2.24, 2.45) is 0 Å². The van der Waals surface area contributed by atoms with Gasteiger partial charge in [0.25, 0.3) is 0 Å². The Hall–Kier alpha value is -1.54. The zero-order chi connectivity index (χ0) is 13.0. The molecule has 0 fully saturated rings. The summed E-state index contributed by atoms with van der Waals surface area (Å²) in [5.41, 5.74) is 1.26. The minimum Gasteiger partial charge on any atom is -0.393 e. The highest BCUT2D eigenvalue weighted by molar-refractivity contribution is 5.94. The van der Waals surface area contributed by atoms with Crippen LogP contribution in [0.3, 0.4) is 0 Å². The van der Waals surface area contributed by atoms with Crippen LogP contribution in [0.25, 0.3) is 10.8 Å². The summed E-state index contributed by atoms with van der Waals surface area (Å²) >= 11 is 0. The zero-order valence-corrected chi connectivity index (χ0v) is 11.1. The van der Waals surface area contributed by atoms with Crippen molar-refractivity contribution in [2.75, 3.05) is 18.0 Å². The Morgan fingerprint density at radius 3 is 2.56 bits per heavy atom. The van der Waals surface area contributed by atoms with E-state index in [1.54, 1.807) is 0 Å². The fourth-order valence-electron chi connectivity index (χ4n) is 2.28. The Kier molecular flexibility index (Phi) is 4.21. The van der Waals surface area contributed by atoms with Crippen LogP contribution in [-0.2, 0) is 0 Å². The van der Waals surface area contributed by atoms with Gasteiger partial charge in [0.15, 0.2) is 0 Å². The van der Waals surface area contributed by atoms with E-state index < -0.39 is 0 Å². The minimum absolute atomic E-state index is 0.242. The molecule has 2 aromatic rings. The van der Waals surface area contributed by atoms with Crippen molar-refractivity contribution in [3.05, 3.63) is 42.5 Å². The lowest BCUT2D eigenvalue weighted by Gasteiger charge is -2.25. The lowest BCUT2D eigenvalue weighted by atomic mass is 10.1. The van der Waals surface area contributed by atoms with Crippen molar-refractivity contribution in [1.29, 1.82) is 0 Å². The molecule has 1 N–H and O–H groups in total. The molecule has 2 rings (SSSR count). The second-order valence-corrected chi connectivity index (χ2v) is 4.72. The number of fused-ring (bicyclic) bond motifs is 1. The van der Waals surface area contributed by atoms with Gasteiger partial charge in [-0.3, -0.25) is 0 Å². The molecule has 1 unspecified atom stereocenters. The van der Waals surface area contributed by atoms with Gasteiger partial charge in [0.05, 0.1) is 6.10 Å². The molecule has 2 heteroatoms. The smallest absolute Gasteiger partial charge is 0.0528 e. The summed E-state index contributed by atoms with van der Waals surface area (Å²) < 4.78 is 0. The van der Waals surface area contributed by atoms with E-state index >= 15 is 0 Å². The van der Waals surface area contributed by atoms with Gasteiger partial charge in [-0.25, -0.2) is 0 Å². The summed E-state index contributed by atoms with van der Waals surface area (Å²) in [5.74, 6) is 0. The first-order chi connectivity index (χ1) is 8.72. The third-order valence-electron chi connectivity index (χ3n) is 3.31. The molecule has 18 heavy (non-hydrogen) atoms. The molecular weight excluding hydrogens is 222 g/mol. The molecule has 0 saturated heterocycles. The first-order valence-corrected chi connectivity index (χ1v) is 6.63. The number of nitrogens with zero attached hydrogens (tertiary/aromatic N) is 1. The maximum atomic E-state index is 9.43. The maximum Gasteiger partial charge on any atom is 0.0528 e. The number of hydrogen-bond donors (Lipinski definition) is 1. The summed E-state index contributed by atoms with van der Waals surface area (Å²) in [7, 11) is 0. The Morgan fingerprint density at radius 2 is 1.83 bits per heavy atom. The molecule has 0 heterocycles. The van der Waals surface area contributed by atoms with Crippen LogP contribution in [-0.4, -0.2) is 24.3 Å². The fraction of sp³-hybridized carbons (Fsp3) is 0.375. The van der Waals surface area contributed by atoms with Crippen LogP contribution in [0.2, 0.25) is 0 Å². The fourth-order valence-corrected chi connectivity index (χ4v) is 2.28. The van der Waals surface area contributed by atoms with Gasteiger partial charge in [-0.2, -0.15) is 0 Å². The number of aliphatic hydroxyl groups excluding tert-OH is 1. The van der Waals surface area contributed by atoms with Gasteiger partial charge in [-0.1, -0.05) is 36.4 Å². The number of hydrogen-bond acceptors (Lipinski definition) is 2. The van der Waals surface area contributed by atoms with E-state index in [2.05, 4.69) is 54.3 Å². The topological polar surface area (TPSA) is 23.5 Å². The Morgan fingerprint density at radius 1 is 1.11 bits per heavy atom. The zero-order valence-electron chi connectivity index (χ0n) is 11.1. The van der Waals surface area contributed by atoms with Gasteiger partial charge in [-0.15, -0.1) is 0 Å². The van der Waals surface area contributed by atoms with Gasteiger partial charge in [0, 0.05) is 24.2 Å². The number of rotatable bonds is 5. The highest BCUT2D eigenvalue weighted by atomic mass is 16.3. The van der Waals surface area contributed by atoms with Crippen LogP contribution in [0.4, 0.5) is 5.69 Å². The maximum absolute atomic E-state index is 9.43. The van der Waals surface area contributed by atoms with Crippen molar-refractivity contribution in [3.8, 4) is 0 Å². The van der Waals surface area contributed by atoms with Crippen molar-refractivity contribution < 1.29 is 5.11 Å². The van der Waals surface area contributed by atoms with Crippen molar-refractivity contribution in [2.45, 2.75) is 26.4 Å². The molecule has 0 amide bonds. The Labute approximate surface area is 109 Å². The second kappa shape index (κ2) is 5.87. The van der Waals surface area contributed by atoms with E-state index in [1.165, 1.54) is 16.5 Å². The lowest BCUT2D eigenvalue weighted by molar-refractivity contribution is 0.186.